The first-order valence-electron chi connectivity index (χ1n) is 5.61. The number of carbonyl (C=O) groups excluding carboxylic acids is 2. The van der Waals surface area contributed by atoms with Gasteiger partial charge in [-0.3, -0.25) is 4.79 Å². The van der Waals surface area contributed by atoms with Crippen molar-refractivity contribution in [3.63, 3.8) is 0 Å². The Hall–Kier alpha value is -1.26. The van der Waals surface area contributed by atoms with Crippen LogP contribution in [0.3, 0.4) is 0 Å². The maximum Gasteiger partial charge on any atom is 0.406 e. The fourth-order valence-corrected chi connectivity index (χ4v) is 1.25. The van der Waals surface area contributed by atoms with Crippen molar-refractivity contribution < 1.29 is 14.3 Å². The number of nitrogens with zero attached hydrogens (tertiary/aromatic N) is 1. The van der Waals surface area contributed by atoms with E-state index in [1.807, 2.05) is 0 Å². The van der Waals surface area contributed by atoms with Crippen molar-refractivity contribution in [2.75, 3.05) is 27.2 Å². The molecule has 0 rings (SSSR count). The second-order valence-electron chi connectivity index (χ2n) is 3.77. The summed E-state index contributed by atoms with van der Waals surface area (Å²) in [4.78, 5) is 23.3. The number of amides is 2. The Morgan fingerprint density at radius 1 is 1.19 bits per heavy atom. The Morgan fingerprint density at radius 3 is 2.38 bits per heavy atom. The zero-order valence-electron chi connectivity index (χ0n) is 10.4. The van der Waals surface area contributed by atoms with Crippen LogP contribution in [0, 0.1) is 0 Å². The maximum atomic E-state index is 10.9. The normalized spacial score (nSPS) is 9.69. The number of rotatable bonds is 7. The van der Waals surface area contributed by atoms with Gasteiger partial charge in [-0.05, 0) is 12.8 Å². The first-order valence-corrected chi connectivity index (χ1v) is 5.61. The van der Waals surface area contributed by atoms with Gasteiger partial charge in [-0.2, -0.15) is 0 Å². The first-order chi connectivity index (χ1) is 7.57. The molecule has 1 N–H and O–H groups in total. The van der Waals surface area contributed by atoms with Gasteiger partial charge in [-0.15, -0.1) is 0 Å². The summed E-state index contributed by atoms with van der Waals surface area (Å²) in [5, 5.41) is 2.62. The molecule has 0 aromatic heterocycles. The molecule has 5 nitrogen and oxygen atoms in total. The monoisotopic (exact) mass is 230 g/mol. The van der Waals surface area contributed by atoms with Crippen molar-refractivity contribution in [3.05, 3.63) is 0 Å². The third-order valence-corrected chi connectivity index (χ3v) is 2.41. The van der Waals surface area contributed by atoms with Crippen molar-refractivity contribution >= 4 is 12.0 Å². The molecule has 0 aliphatic rings. The van der Waals surface area contributed by atoms with E-state index in [1.165, 1.54) is 7.11 Å². The maximum absolute atomic E-state index is 10.9. The highest BCUT2D eigenvalue weighted by atomic mass is 16.5. The van der Waals surface area contributed by atoms with E-state index in [1.54, 1.807) is 18.9 Å². The number of hydrogen-bond acceptors (Lipinski definition) is 3. The van der Waals surface area contributed by atoms with Gasteiger partial charge in [0.25, 0.3) is 0 Å². The Balaban J connectivity index is 3.22. The Morgan fingerprint density at radius 2 is 1.81 bits per heavy atom. The Labute approximate surface area is 97.1 Å². The van der Waals surface area contributed by atoms with Crippen LogP contribution in [0.2, 0.25) is 0 Å². The zero-order valence-corrected chi connectivity index (χ0v) is 10.4. The van der Waals surface area contributed by atoms with E-state index >= 15 is 0 Å². The minimum Gasteiger partial charge on any atom is -0.453 e. The first kappa shape index (κ1) is 14.7. The lowest BCUT2D eigenvalue weighted by Crippen LogP contribution is -2.25. The van der Waals surface area contributed by atoms with Crippen LogP contribution in [0.1, 0.15) is 32.6 Å². The molecule has 2 amide bonds. The van der Waals surface area contributed by atoms with Gasteiger partial charge >= 0.3 is 6.09 Å². The van der Waals surface area contributed by atoms with Gasteiger partial charge in [-0.25, -0.2) is 4.79 Å². The molecule has 16 heavy (non-hydrogen) atoms. The molecule has 0 bridgehead atoms. The number of hydrogen-bond donors (Lipinski definition) is 1. The molecule has 0 aliphatic heterocycles. The smallest absolute Gasteiger partial charge is 0.406 e. The second-order valence-corrected chi connectivity index (χ2v) is 3.77. The van der Waals surface area contributed by atoms with Crippen molar-refractivity contribution in [2.24, 2.45) is 0 Å². The van der Waals surface area contributed by atoms with E-state index in [0.29, 0.717) is 6.54 Å². The molecule has 0 aliphatic carbocycles. The molecule has 0 aromatic rings. The SMILES string of the molecule is COC(=O)NCCCCCCN(C)C(C)=O. The van der Waals surface area contributed by atoms with E-state index in [0.717, 1.165) is 32.2 Å². The quantitative estimate of drug-likeness (QED) is 0.672. The summed E-state index contributed by atoms with van der Waals surface area (Å²) < 4.78 is 4.44. The van der Waals surface area contributed by atoms with Crippen LogP contribution in [0.5, 0.6) is 0 Å². The van der Waals surface area contributed by atoms with E-state index in [2.05, 4.69) is 10.1 Å². The Bertz CT molecular complexity index is 219. The lowest BCUT2D eigenvalue weighted by Gasteiger charge is -2.13. The minimum atomic E-state index is -0.378. The van der Waals surface area contributed by atoms with Crippen molar-refractivity contribution in [2.45, 2.75) is 32.6 Å². The highest BCUT2D eigenvalue weighted by Crippen LogP contribution is 2.00. The van der Waals surface area contributed by atoms with Gasteiger partial charge in [0.1, 0.15) is 0 Å². The molecule has 0 atom stereocenters. The van der Waals surface area contributed by atoms with Gasteiger partial charge in [0.15, 0.2) is 0 Å². The van der Waals surface area contributed by atoms with Crippen LogP contribution < -0.4 is 5.32 Å². The fourth-order valence-electron chi connectivity index (χ4n) is 1.25. The number of alkyl carbamates (subject to hydrolysis) is 1. The number of nitrogens with one attached hydrogen (secondary N) is 1. The highest BCUT2D eigenvalue weighted by Gasteiger charge is 2.01. The standard InChI is InChI=1S/C11H22N2O3/c1-10(14)13(2)9-7-5-4-6-8-12-11(15)16-3/h4-9H2,1-3H3,(H,12,15). The van der Waals surface area contributed by atoms with E-state index in [-0.39, 0.29) is 12.0 Å². The number of methoxy groups -OCH3 is 1. The van der Waals surface area contributed by atoms with E-state index < -0.39 is 0 Å². The summed E-state index contributed by atoms with van der Waals surface area (Å²) in [6, 6.07) is 0. The molecule has 0 spiro atoms. The molecule has 0 heterocycles. The molecule has 0 saturated heterocycles. The van der Waals surface area contributed by atoms with Gasteiger partial charge in [-0.1, -0.05) is 12.8 Å². The molecule has 94 valence electrons. The van der Waals surface area contributed by atoms with Crippen LogP contribution in [-0.2, 0) is 9.53 Å². The van der Waals surface area contributed by atoms with Gasteiger partial charge in [0.2, 0.25) is 5.91 Å². The predicted molar refractivity (Wildman–Crippen MR) is 62.2 cm³/mol. The molecule has 0 saturated carbocycles. The van der Waals surface area contributed by atoms with Crippen LogP contribution >= 0.6 is 0 Å². The number of carbonyl (C=O) groups is 2. The summed E-state index contributed by atoms with van der Waals surface area (Å²) in [6.07, 6.45) is 3.69. The van der Waals surface area contributed by atoms with Crippen LogP contribution in [0.25, 0.3) is 0 Å². The number of unbranched alkanes of at least 4 members (excludes halogenated alkanes) is 3. The highest BCUT2D eigenvalue weighted by molar-refractivity contribution is 5.72. The van der Waals surface area contributed by atoms with Crippen molar-refractivity contribution in [1.82, 2.24) is 10.2 Å². The molecular weight excluding hydrogens is 208 g/mol. The van der Waals surface area contributed by atoms with Gasteiger partial charge < -0.3 is 15.0 Å². The summed E-state index contributed by atoms with van der Waals surface area (Å²) in [5.74, 6) is 0.104. The number of ether oxygens (including phenoxy) is 1. The zero-order chi connectivity index (χ0) is 12.4. The summed E-state index contributed by atoms with van der Waals surface area (Å²) in [6.45, 7) is 3.02. The minimum absolute atomic E-state index is 0.104. The molecule has 5 heteroatoms. The third kappa shape index (κ3) is 8.08. The summed E-state index contributed by atoms with van der Waals surface area (Å²) in [5.41, 5.74) is 0. The topological polar surface area (TPSA) is 58.6 Å². The predicted octanol–water partition coefficient (Wildman–Crippen LogP) is 1.38. The average Bonchev–Trinajstić information content (AvgIpc) is 2.26. The lowest BCUT2D eigenvalue weighted by molar-refractivity contribution is -0.127. The van der Waals surface area contributed by atoms with Crippen LogP contribution in [0.4, 0.5) is 4.79 Å². The van der Waals surface area contributed by atoms with Crippen molar-refractivity contribution in [3.8, 4) is 0 Å². The Kier molecular flexibility index (Phi) is 8.29. The molecule has 0 radical (unpaired) electrons. The van der Waals surface area contributed by atoms with E-state index in [4.69, 9.17) is 0 Å². The van der Waals surface area contributed by atoms with Crippen molar-refractivity contribution in [1.29, 1.82) is 0 Å². The second kappa shape index (κ2) is 9.00. The van der Waals surface area contributed by atoms with E-state index in [9.17, 15) is 9.59 Å². The largest absolute Gasteiger partial charge is 0.453 e. The third-order valence-electron chi connectivity index (χ3n) is 2.41. The molecule has 0 fully saturated rings. The summed E-state index contributed by atoms with van der Waals surface area (Å²) >= 11 is 0. The average molecular weight is 230 g/mol. The lowest BCUT2D eigenvalue weighted by atomic mass is 10.2. The van der Waals surface area contributed by atoms with Crippen LogP contribution in [-0.4, -0.2) is 44.1 Å². The fraction of sp³-hybridized carbons (Fsp3) is 0.818. The molecular formula is C11H22N2O3. The molecule has 0 unspecified atom stereocenters. The van der Waals surface area contributed by atoms with Gasteiger partial charge in [0.05, 0.1) is 7.11 Å². The summed E-state index contributed by atoms with van der Waals surface area (Å²) in [7, 11) is 3.16. The van der Waals surface area contributed by atoms with Crippen LogP contribution in [0.15, 0.2) is 0 Å². The van der Waals surface area contributed by atoms with Gasteiger partial charge in [0, 0.05) is 27.1 Å². The molecule has 0 aromatic carbocycles.